The summed E-state index contributed by atoms with van der Waals surface area (Å²) in [6.07, 6.45) is 5.10. The molecule has 0 aliphatic rings. The molecule has 1 heterocycles. The van der Waals surface area contributed by atoms with Gasteiger partial charge in [0.25, 0.3) is 0 Å². The second kappa shape index (κ2) is 7.58. The summed E-state index contributed by atoms with van der Waals surface area (Å²) in [7, 11) is -0.969. The molecule has 2 aromatic rings. The second-order valence-corrected chi connectivity index (χ2v) is 6.62. The molecule has 0 aliphatic heterocycles. The van der Waals surface area contributed by atoms with Gasteiger partial charge in [0, 0.05) is 37.6 Å². The molecular weight excluding hydrogens is 342 g/mol. The van der Waals surface area contributed by atoms with E-state index in [9.17, 15) is 8.42 Å². The van der Waals surface area contributed by atoms with E-state index < -0.39 is 10.0 Å². The lowest BCUT2D eigenvalue weighted by molar-refractivity contribution is 0.386. The van der Waals surface area contributed by atoms with Crippen molar-refractivity contribution < 1.29 is 17.9 Å². The Balaban J connectivity index is 2.17. The average Bonchev–Trinajstić information content (AvgIpc) is 2.55. The molecule has 0 bridgehead atoms. The summed E-state index contributed by atoms with van der Waals surface area (Å²) in [4.78, 5) is 7.96. The van der Waals surface area contributed by atoms with Crippen LogP contribution in [-0.2, 0) is 16.4 Å². The van der Waals surface area contributed by atoms with Gasteiger partial charge >= 0.3 is 0 Å². The molecule has 23 heavy (non-hydrogen) atoms. The van der Waals surface area contributed by atoms with Crippen molar-refractivity contribution in [2.75, 3.05) is 20.8 Å². The maximum Gasteiger partial charge on any atom is 0.244 e. The highest BCUT2D eigenvalue weighted by Crippen LogP contribution is 2.34. The molecule has 0 saturated carbocycles. The van der Waals surface area contributed by atoms with Gasteiger partial charge in [0.05, 0.1) is 24.9 Å². The molecule has 0 fully saturated rings. The Morgan fingerprint density at radius 2 is 1.91 bits per heavy atom. The predicted molar refractivity (Wildman–Crippen MR) is 85.5 cm³/mol. The second-order valence-electron chi connectivity index (χ2n) is 4.48. The number of nitrogens with one attached hydrogen (secondary N) is 1. The molecule has 0 spiro atoms. The number of hydrogen-bond donors (Lipinski definition) is 1. The molecule has 0 saturated heterocycles. The number of benzene rings is 1. The fraction of sp³-hybridized carbons (Fsp3) is 0.286. The Bertz CT molecular complexity index is 769. The van der Waals surface area contributed by atoms with Gasteiger partial charge in [-0.2, -0.15) is 0 Å². The highest BCUT2D eigenvalue weighted by molar-refractivity contribution is 7.89. The fourth-order valence-corrected chi connectivity index (χ4v) is 3.40. The Morgan fingerprint density at radius 1 is 1.17 bits per heavy atom. The van der Waals surface area contributed by atoms with Crippen LogP contribution in [0.2, 0.25) is 5.02 Å². The van der Waals surface area contributed by atoms with Crippen LogP contribution in [0.25, 0.3) is 0 Å². The summed E-state index contributed by atoms with van der Waals surface area (Å²) >= 11 is 6.00. The molecule has 124 valence electrons. The molecule has 0 amide bonds. The summed E-state index contributed by atoms with van der Waals surface area (Å²) in [5.74, 6) is 0.486. The lowest BCUT2D eigenvalue weighted by atomic mass is 10.3. The van der Waals surface area contributed by atoms with Gasteiger partial charge in [-0.1, -0.05) is 11.6 Å². The van der Waals surface area contributed by atoms with E-state index in [1.54, 1.807) is 18.6 Å². The van der Waals surface area contributed by atoms with Crippen molar-refractivity contribution in [3.8, 4) is 11.5 Å². The minimum absolute atomic E-state index is 0.0510. The van der Waals surface area contributed by atoms with E-state index in [2.05, 4.69) is 14.7 Å². The maximum atomic E-state index is 12.4. The summed E-state index contributed by atoms with van der Waals surface area (Å²) in [5, 5.41) is 0.183. The standard InChI is InChI=1S/C14H16ClN3O4S/c1-21-12-8-13(22-2)14(7-11(12)15)23(19,20)18-4-3-10-9-16-5-6-17-10/h5-9,18H,3-4H2,1-2H3. The van der Waals surface area contributed by atoms with Gasteiger partial charge in [-0.3, -0.25) is 9.97 Å². The van der Waals surface area contributed by atoms with Crippen LogP contribution in [0.1, 0.15) is 5.69 Å². The van der Waals surface area contributed by atoms with E-state index in [-0.39, 0.29) is 22.2 Å². The van der Waals surface area contributed by atoms with Crippen molar-refractivity contribution >= 4 is 21.6 Å². The zero-order valence-corrected chi connectivity index (χ0v) is 14.2. The fourth-order valence-electron chi connectivity index (χ4n) is 1.89. The molecule has 0 radical (unpaired) electrons. The van der Waals surface area contributed by atoms with E-state index in [0.29, 0.717) is 17.9 Å². The molecule has 0 unspecified atom stereocenters. The molecule has 0 aliphatic carbocycles. The van der Waals surface area contributed by atoms with Gasteiger partial charge in [-0.25, -0.2) is 13.1 Å². The van der Waals surface area contributed by atoms with Crippen LogP contribution < -0.4 is 14.2 Å². The van der Waals surface area contributed by atoms with E-state index in [0.717, 1.165) is 0 Å². The summed E-state index contributed by atoms with van der Waals surface area (Å²) in [5.41, 5.74) is 0.690. The molecule has 1 N–H and O–H groups in total. The Kier molecular flexibility index (Phi) is 5.75. The molecule has 9 heteroatoms. The van der Waals surface area contributed by atoms with Gasteiger partial charge in [-0.15, -0.1) is 0 Å². The zero-order chi connectivity index (χ0) is 16.9. The van der Waals surface area contributed by atoms with Crippen LogP contribution in [0.15, 0.2) is 35.6 Å². The summed E-state index contributed by atoms with van der Waals surface area (Å²) < 4.78 is 37.5. The van der Waals surface area contributed by atoms with Gasteiger partial charge in [0.15, 0.2) is 0 Å². The van der Waals surface area contributed by atoms with E-state index in [1.165, 1.54) is 26.4 Å². The molecular formula is C14H16ClN3O4S. The van der Waals surface area contributed by atoms with E-state index >= 15 is 0 Å². The van der Waals surface area contributed by atoms with Crippen LogP contribution in [0.5, 0.6) is 11.5 Å². The van der Waals surface area contributed by atoms with Crippen molar-refractivity contribution in [3.05, 3.63) is 41.4 Å². The third-order valence-corrected chi connectivity index (χ3v) is 4.80. The number of aromatic nitrogens is 2. The number of halogens is 1. The van der Waals surface area contributed by atoms with Gasteiger partial charge in [0.1, 0.15) is 16.4 Å². The Morgan fingerprint density at radius 3 is 2.52 bits per heavy atom. The quantitative estimate of drug-likeness (QED) is 0.810. The molecule has 1 aromatic carbocycles. The van der Waals surface area contributed by atoms with Crippen LogP contribution in [0.3, 0.4) is 0 Å². The SMILES string of the molecule is COc1cc(OC)c(S(=O)(=O)NCCc2cnccn2)cc1Cl. The zero-order valence-electron chi connectivity index (χ0n) is 12.6. The molecule has 0 atom stereocenters. The first-order valence-electron chi connectivity index (χ1n) is 6.64. The van der Waals surface area contributed by atoms with Gasteiger partial charge < -0.3 is 9.47 Å². The van der Waals surface area contributed by atoms with Crippen LogP contribution in [0.4, 0.5) is 0 Å². The normalized spacial score (nSPS) is 11.3. The van der Waals surface area contributed by atoms with Gasteiger partial charge in [-0.05, 0) is 6.07 Å². The summed E-state index contributed by atoms with van der Waals surface area (Å²) in [6.45, 7) is 0.174. The maximum absolute atomic E-state index is 12.4. The Labute approximate surface area is 139 Å². The van der Waals surface area contributed by atoms with Crippen molar-refractivity contribution in [1.82, 2.24) is 14.7 Å². The first-order valence-corrected chi connectivity index (χ1v) is 8.50. The minimum Gasteiger partial charge on any atom is -0.495 e. The lowest BCUT2D eigenvalue weighted by Crippen LogP contribution is -2.26. The van der Waals surface area contributed by atoms with Crippen molar-refractivity contribution in [1.29, 1.82) is 0 Å². The number of rotatable bonds is 7. The van der Waals surface area contributed by atoms with Crippen LogP contribution in [0, 0.1) is 0 Å². The molecule has 7 nitrogen and oxygen atoms in total. The van der Waals surface area contributed by atoms with Gasteiger partial charge in [0.2, 0.25) is 10.0 Å². The monoisotopic (exact) mass is 357 g/mol. The Hall–Kier alpha value is -1.90. The first-order chi connectivity index (χ1) is 11.0. The number of sulfonamides is 1. The number of hydrogen-bond acceptors (Lipinski definition) is 6. The molecule has 2 rings (SSSR count). The van der Waals surface area contributed by atoms with Crippen LogP contribution in [-0.4, -0.2) is 39.2 Å². The number of ether oxygens (including phenoxy) is 2. The van der Waals surface area contributed by atoms with Crippen molar-refractivity contribution in [2.24, 2.45) is 0 Å². The first kappa shape index (κ1) is 17.5. The highest BCUT2D eigenvalue weighted by atomic mass is 35.5. The van der Waals surface area contributed by atoms with Crippen molar-refractivity contribution in [2.45, 2.75) is 11.3 Å². The van der Waals surface area contributed by atoms with E-state index in [4.69, 9.17) is 21.1 Å². The third kappa shape index (κ3) is 4.31. The van der Waals surface area contributed by atoms with Crippen molar-refractivity contribution in [3.63, 3.8) is 0 Å². The van der Waals surface area contributed by atoms with Crippen LogP contribution >= 0.6 is 11.6 Å². The minimum atomic E-state index is -3.78. The largest absolute Gasteiger partial charge is 0.495 e. The van der Waals surface area contributed by atoms with E-state index in [1.807, 2.05) is 0 Å². The highest BCUT2D eigenvalue weighted by Gasteiger charge is 2.22. The molecule has 1 aromatic heterocycles. The smallest absolute Gasteiger partial charge is 0.244 e. The topological polar surface area (TPSA) is 90.4 Å². The third-order valence-electron chi connectivity index (χ3n) is 3.02. The number of nitrogens with zero attached hydrogens (tertiary/aromatic N) is 2. The summed E-state index contributed by atoms with van der Waals surface area (Å²) in [6, 6.07) is 2.73. The predicted octanol–water partition coefficient (Wildman–Crippen LogP) is 1.67. The lowest BCUT2D eigenvalue weighted by Gasteiger charge is -2.13. The average molecular weight is 358 g/mol. The number of methoxy groups -OCH3 is 2.